The van der Waals surface area contributed by atoms with Gasteiger partial charge in [0.1, 0.15) is 0 Å². The van der Waals surface area contributed by atoms with Gasteiger partial charge in [-0.2, -0.15) is 0 Å². The lowest BCUT2D eigenvalue weighted by atomic mass is 10.1. The average molecular weight is 301 g/mol. The molecule has 0 radical (unpaired) electrons. The summed E-state index contributed by atoms with van der Waals surface area (Å²) in [5.41, 5.74) is 0. The monoisotopic (exact) mass is 300 g/mol. The molecule has 1 saturated heterocycles. The zero-order chi connectivity index (χ0) is 13.8. The highest BCUT2D eigenvalue weighted by molar-refractivity contribution is 7.16. The number of hydrogen-bond acceptors (Lipinski definition) is 3. The van der Waals surface area contributed by atoms with Crippen LogP contribution in [0.4, 0.5) is 0 Å². The lowest BCUT2D eigenvalue weighted by Gasteiger charge is -2.32. The SMILES string of the molecule is CC(C)CN(CC1CCCN1)C(C)c1ccc(Cl)s1. The van der Waals surface area contributed by atoms with Crippen LogP contribution in [0.2, 0.25) is 4.34 Å². The summed E-state index contributed by atoms with van der Waals surface area (Å²) >= 11 is 7.79. The largest absolute Gasteiger partial charge is 0.313 e. The molecular weight excluding hydrogens is 276 g/mol. The number of hydrogen-bond donors (Lipinski definition) is 1. The Labute approximate surface area is 126 Å². The lowest BCUT2D eigenvalue weighted by molar-refractivity contribution is 0.174. The molecule has 1 aromatic heterocycles. The number of thiophene rings is 1. The Kier molecular flexibility index (Phi) is 5.70. The van der Waals surface area contributed by atoms with Crippen molar-refractivity contribution in [1.29, 1.82) is 0 Å². The molecule has 19 heavy (non-hydrogen) atoms. The van der Waals surface area contributed by atoms with Crippen LogP contribution >= 0.6 is 22.9 Å². The van der Waals surface area contributed by atoms with Gasteiger partial charge in [0.2, 0.25) is 0 Å². The molecule has 0 amide bonds. The summed E-state index contributed by atoms with van der Waals surface area (Å²) in [5.74, 6) is 0.694. The van der Waals surface area contributed by atoms with Crippen molar-refractivity contribution in [3.63, 3.8) is 0 Å². The Hall–Kier alpha value is -0.0900. The van der Waals surface area contributed by atoms with Gasteiger partial charge in [-0.1, -0.05) is 25.4 Å². The molecule has 2 nitrogen and oxygen atoms in total. The molecular formula is C15H25ClN2S. The summed E-state index contributed by atoms with van der Waals surface area (Å²) in [4.78, 5) is 3.99. The van der Waals surface area contributed by atoms with Crippen molar-refractivity contribution >= 4 is 22.9 Å². The lowest BCUT2D eigenvalue weighted by Crippen LogP contribution is -2.40. The highest BCUT2D eigenvalue weighted by Gasteiger charge is 2.23. The Morgan fingerprint density at radius 2 is 2.21 bits per heavy atom. The second-order valence-corrected chi connectivity index (χ2v) is 7.71. The predicted molar refractivity (Wildman–Crippen MR) is 85.2 cm³/mol. The summed E-state index contributed by atoms with van der Waals surface area (Å²) in [5, 5.41) is 3.61. The zero-order valence-corrected chi connectivity index (χ0v) is 13.7. The molecule has 2 heterocycles. The van der Waals surface area contributed by atoms with Crippen LogP contribution in [0.3, 0.4) is 0 Å². The van der Waals surface area contributed by atoms with Gasteiger partial charge < -0.3 is 5.32 Å². The van der Waals surface area contributed by atoms with Crippen LogP contribution in [-0.4, -0.2) is 30.6 Å². The van der Waals surface area contributed by atoms with Crippen molar-refractivity contribution in [2.24, 2.45) is 5.92 Å². The molecule has 0 spiro atoms. The molecule has 1 aliphatic heterocycles. The highest BCUT2D eigenvalue weighted by atomic mass is 35.5. The molecule has 1 N–H and O–H groups in total. The Balaban J connectivity index is 2.02. The fourth-order valence-corrected chi connectivity index (χ4v) is 3.94. The third-order valence-electron chi connectivity index (χ3n) is 3.77. The normalized spacial score (nSPS) is 21.5. The van der Waals surface area contributed by atoms with Gasteiger partial charge in [0, 0.05) is 30.1 Å². The molecule has 108 valence electrons. The molecule has 4 heteroatoms. The van der Waals surface area contributed by atoms with E-state index in [0.29, 0.717) is 18.0 Å². The highest BCUT2D eigenvalue weighted by Crippen LogP contribution is 2.31. The van der Waals surface area contributed by atoms with Crippen LogP contribution in [-0.2, 0) is 0 Å². The topological polar surface area (TPSA) is 15.3 Å². The molecule has 1 aromatic rings. The van der Waals surface area contributed by atoms with E-state index in [9.17, 15) is 0 Å². The van der Waals surface area contributed by atoms with E-state index in [1.807, 2.05) is 6.07 Å². The van der Waals surface area contributed by atoms with Crippen molar-refractivity contribution in [2.45, 2.75) is 45.7 Å². The van der Waals surface area contributed by atoms with E-state index in [1.54, 1.807) is 11.3 Å². The van der Waals surface area contributed by atoms with Crippen LogP contribution < -0.4 is 5.32 Å². The molecule has 2 atom stereocenters. The molecule has 1 fully saturated rings. The average Bonchev–Trinajstić information content (AvgIpc) is 2.98. The number of rotatable bonds is 6. The third kappa shape index (κ3) is 4.45. The maximum atomic E-state index is 6.07. The van der Waals surface area contributed by atoms with Gasteiger partial charge in [0.25, 0.3) is 0 Å². The summed E-state index contributed by atoms with van der Waals surface area (Å²) in [6.45, 7) is 10.4. The maximum absolute atomic E-state index is 6.07. The van der Waals surface area contributed by atoms with Gasteiger partial charge in [0.05, 0.1) is 4.34 Å². The summed E-state index contributed by atoms with van der Waals surface area (Å²) < 4.78 is 0.894. The van der Waals surface area contributed by atoms with Gasteiger partial charge in [-0.15, -0.1) is 11.3 Å². The van der Waals surface area contributed by atoms with Crippen molar-refractivity contribution in [2.75, 3.05) is 19.6 Å². The standard InChI is InChI=1S/C15H25ClN2S/c1-11(2)9-18(10-13-5-4-8-17-13)12(3)14-6-7-15(16)19-14/h6-7,11-13,17H,4-5,8-10H2,1-3H3. The molecule has 0 saturated carbocycles. The predicted octanol–water partition coefficient (Wildman–Crippen LogP) is 4.17. The fraction of sp³-hybridized carbons (Fsp3) is 0.733. The van der Waals surface area contributed by atoms with E-state index in [4.69, 9.17) is 11.6 Å². The van der Waals surface area contributed by atoms with E-state index in [-0.39, 0.29) is 0 Å². The fourth-order valence-electron chi connectivity index (χ4n) is 2.79. The van der Waals surface area contributed by atoms with Gasteiger partial charge in [-0.3, -0.25) is 4.90 Å². The van der Waals surface area contributed by atoms with Gasteiger partial charge in [0.15, 0.2) is 0 Å². The minimum Gasteiger partial charge on any atom is -0.313 e. The number of halogens is 1. The molecule has 2 rings (SSSR count). The number of nitrogens with one attached hydrogen (secondary N) is 1. The van der Waals surface area contributed by atoms with E-state index >= 15 is 0 Å². The van der Waals surface area contributed by atoms with Crippen molar-refractivity contribution in [1.82, 2.24) is 10.2 Å². The van der Waals surface area contributed by atoms with E-state index in [0.717, 1.165) is 17.4 Å². The molecule has 0 bridgehead atoms. The Bertz CT molecular complexity index is 385. The van der Waals surface area contributed by atoms with E-state index < -0.39 is 0 Å². The molecule has 0 aromatic carbocycles. The summed E-state index contributed by atoms with van der Waals surface area (Å²) in [6.07, 6.45) is 2.63. The van der Waals surface area contributed by atoms with E-state index in [2.05, 4.69) is 37.1 Å². The van der Waals surface area contributed by atoms with Crippen molar-refractivity contribution in [3.05, 3.63) is 21.3 Å². The van der Waals surface area contributed by atoms with Crippen LogP contribution in [0, 0.1) is 5.92 Å². The van der Waals surface area contributed by atoms with Crippen molar-refractivity contribution < 1.29 is 0 Å². The number of nitrogens with zero attached hydrogens (tertiary/aromatic N) is 1. The zero-order valence-electron chi connectivity index (χ0n) is 12.2. The van der Waals surface area contributed by atoms with Gasteiger partial charge in [-0.05, 0) is 44.4 Å². The Morgan fingerprint density at radius 3 is 2.74 bits per heavy atom. The van der Waals surface area contributed by atoms with Gasteiger partial charge >= 0.3 is 0 Å². The molecule has 2 unspecified atom stereocenters. The quantitative estimate of drug-likeness (QED) is 0.848. The smallest absolute Gasteiger partial charge is 0.0931 e. The first-order chi connectivity index (χ1) is 9.06. The summed E-state index contributed by atoms with van der Waals surface area (Å²) in [7, 11) is 0. The maximum Gasteiger partial charge on any atom is 0.0931 e. The first-order valence-corrected chi connectivity index (χ1v) is 8.48. The van der Waals surface area contributed by atoms with Crippen LogP contribution in [0.15, 0.2) is 12.1 Å². The first-order valence-electron chi connectivity index (χ1n) is 7.29. The van der Waals surface area contributed by atoms with Gasteiger partial charge in [-0.25, -0.2) is 0 Å². The third-order valence-corrected chi connectivity index (χ3v) is 5.17. The second kappa shape index (κ2) is 7.07. The van der Waals surface area contributed by atoms with Crippen LogP contribution in [0.25, 0.3) is 0 Å². The Morgan fingerprint density at radius 1 is 1.42 bits per heavy atom. The first kappa shape index (κ1) is 15.3. The summed E-state index contributed by atoms with van der Waals surface area (Å²) in [6, 6.07) is 5.31. The minimum atomic E-state index is 0.460. The van der Waals surface area contributed by atoms with Crippen LogP contribution in [0.5, 0.6) is 0 Å². The molecule has 1 aliphatic rings. The van der Waals surface area contributed by atoms with Crippen molar-refractivity contribution in [3.8, 4) is 0 Å². The van der Waals surface area contributed by atoms with Crippen LogP contribution in [0.1, 0.15) is 44.5 Å². The second-order valence-electron chi connectivity index (χ2n) is 5.96. The van der Waals surface area contributed by atoms with E-state index in [1.165, 1.54) is 24.3 Å². The minimum absolute atomic E-state index is 0.460. The molecule has 0 aliphatic carbocycles.